The topological polar surface area (TPSA) is 58.4 Å². The van der Waals surface area contributed by atoms with Crippen LogP contribution in [0.3, 0.4) is 0 Å². The maximum atomic E-state index is 11.7. The lowest BCUT2D eigenvalue weighted by molar-refractivity contribution is -0.127. The van der Waals surface area contributed by atoms with Crippen molar-refractivity contribution in [2.24, 2.45) is 11.7 Å². The zero-order valence-corrected chi connectivity index (χ0v) is 9.12. The molecule has 1 fully saturated rings. The molecule has 1 heterocycles. The van der Waals surface area contributed by atoms with Gasteiger partial charge < -0.3 is 16.0 Å². The van der Waals surface area contributed by atoms with Gasteiger partial charge in [-0.3, -0.25) is 4.79 Å². The van der Waals surface area contributed by atoms with Crippen LogP contribution in [0.4, 0.5) is 0 Å². The van der Waals surface area contributed by atoms with Crippen molar-refractivity contribution in [2.75, 3.05) is 26.7 Å². The first kappa shape index (κ1) is 11.5. The standard InChI is InChI=1S/C10H21N3O/c1-8(6-11)12-10(14)9-4-3-5-13(2)7-9/h8-9H,3-7,11H2,1-2H3,(H,12,14). The highest BCUT2D eigenvalue weighted by Gasteiger charge is 2.24. The van der Waals surface area contributed by atoms with Crippen LogP contribution < -0.4 is 11.1 Å². The molecule has 0 aromatic carbocycles. The summed E-state index contributed by atoms with van der Waals surface area (Å²) in [7, 11) is 2.06. The van der Waals surface area contributed by atoms with Gasteiger partial charge in [-0.1, -0.05) is 0 Å². The Morgan fingerprint density at radius 3 is 3.00 bits per heavy atom. The molecule has 14 heavy (non-hydrogen) atoms. The number of hydrogen-bond acceptors (Lipinski definition) is 3. The molecular formula is C10H21N3O. The Labute approximate surface area is 85.8 Å². The molecule has 0 radical (unpaired) electrons. The Kier molecular flexibility index (Phi) is 4.35. The van der Waals surface area contributed by atoms with Crippen molar-refractivity contribution in [3.05, 3.63) is 0 Å². The number of carbonyl (C=O) groups is 1. The van der Waals surface area contributed by atoms with Gasteiger partial charge in [-0.15, -0.1) is 0 Å². The molecule has 2 unspecified atom stereocenters. The van der Waals surface area contributed by atoms with Crippen LogP contribution in [0.5, 0.6) is 0 Å². The quantitative estimate of drug-likeness (QED) is 0.661. The van der Waals surface area contributed by atoms with Crippen molar-refractivity contribution in [2.45, 2.75) is 25.8 Å². The molecular weight excluding hydrogens is 178 g/mol. The van der Waals surface area contributed by atoms with Gasteiger partial charge in [-0.05, 0) is 33.4 Å². The predicted molar refractivity (Wildman–Crippen MR) is 56.9 cm³/mol. The molecule has 1 aliphatic rings. The molecule has 0 aliphatic carbocycles. The van der Waals surface area contributed by atoms with Gasteiger partial charge in [0.2, 0.25) is 5.91 Å². The highest BCUT2D eigenvalue weighted by atomic mass is 16.2. The Hall–Kier alpha value is -0.610. The van der Waals surface area contributed by atoms with Gasteiger partial charge in [0.25, 0.3) is 0 Å². The minimum Gasteiger partial charge on any atom is -0.352 e. The Morgan fingerprint density at radius 1 is 1.71 bits per heavy atom. The average Bonchev–Trinajstić information content (AvgIpc) is 2.17. The van der Waals surface area contributed by atoms with E-state index in [-0.39, 0.29) is 17.9 Å². The number of carbonyl (C=O) groups excluding carboxylic acids is 1. The summed E-state index contributed by atoms with van der Waals surface area (Å²) < 4.78 is 0. The summed E-state index contributed by atoms with van der Waals surface area (Å²) >= 11 is 0. The average molecular weight is 199 g/mol. The maximum absolute atomic E-state index is 11.7. The van der Waals surface area contributed by atoms with E-state index in [0.717, 1.165) is 25.9 Å². The molecule has 4 heteroatoms. The van der Waals surface area contributed by atoms with E-state index in [1.807, 2.05) is 6.92 Å². The number of nitrogens with zero attached hydrogens (tertiary/aromatic N) is 1. The monoisotopic (exact) mass is 199 g/mol. The minimum atomic E-state index is 0.0923. The van der Waals surface area contributed by atoms with E-state index in [0.29, 0.717) is 6.54 Å². The third kappa shape index (κ3) is 3.27. The van der Waals surface area contributed by atoms with Crippen molar-refractivity contribution in [1.29, 1.82) is 0 Å². The molecule has 0 bridgehead atoms. The van der Waals surface area contributed by atoms with Crippen LogP contribution in [0.25, 0.3) is 0 Å². The molecule has 3 N–H and O–H groups in total. The number of nitrogens with one attached hydrogen (secondary N) is 1. The molecule has 1 amide bonds. The fraction of sp³-hybridized carbons (Fsp3) is 0.900. The zero-order chi connectivity index (χ0) is 10.6. The van der Waals surface area contributed by atoms with Crippen LogP contribution in [0.1, 0.15) is 19.8 Å². The Morgan fingerprint density at radius 2 is 2.43 bits per heavy atom. The summed E-state index contributed by atoms with van der Waals surface area (Å²) in [6, 6.07) is 0.0923. The van der Waals surface area contributed by atoms with Crippen molar-refractivity contribution < 1.29 is 4.79 Å². The van der Waals surface area contributed by atoms with Crippen LogP contribution in [0.2, 0.25) is 0 Å². The fourth-order valence-electron chi connectivity index (χ4n) is 1.80. The highest BCUT2D eigenvalue weighted by Crippen LogP contribution is 2.14. The van der Waals surface area contributed by atoms with Gasteiger partial charge >= 0.3 is 0 Å². The van der Waals surface area contributed by atoms with Gasteiger partial charge in [-0.2, -0.15) is 0 Å². The lowest BCUT2D eigenvalue weighted by Gasteiger charge is -2.29. The number of hydrogen-bond donors (Lipinski definition) is 2. The van der Waals surface area contributed by atoms with Crippen LogP contribution in [-0.4, -0.2) is 43.5 Å². The van der Waals surface area contributed by atoms with Crippen molar-refractivity contribution in [3.63, 3.8) is 0 Å². The van der Waals surface area contributed by atoms with E-state index in [1.54, 1.807) is 0 Å². The summed E-state index contributed by atoms with van der Waals surface area (Å²) in [5.41, 5.74) is 5.45. The molecule has 1 saturated heterocycles. The van der Waals surface area contributed by atoms with Crippen molar-refractivity contribution >= 4 is 5.91 Å². The van der Waals surface area contributed by atoms with Crippen LogP contribution >= 0.6 is 0 Å². The summed E-state index contributed by atoms with van der Waals surface area (Å²) in [4.78, 5) is 13.9. The van der Waals surface area contributed by atoms with E-state index in [9.17, 15) is 4.79 Å². The first-order chi connectivity index (χ1) is 6.63. The van der Waals surface area contributed by atoms with Gasteiger partial charge in [0.15, 0.2) is 0 Å². The first-order valence-electron chi connectivity index (χ1n) is 5.32. The number of amides is 1. The molecule has 0 aromatic rings. The van der Waals surface area contributed by atoms with E-state index < -0.39 is 0 Å². The lowest BCUT2D eigenvalue weighted by Crippen LogP contribution is -2.46. The van der Waals surface area contributed by atoms with Gasteiger partial charge in [0, 0.05) is 19.1 Å². The van der Waals surface area contributed by atoms with Gasteiger partial charge in [0.1, 0.15) is 0 Å². The second-order valence-electron chi connectivity index (χ2n) is 4.25. The Balaban J connectivity index is 2.36. The second-order valence-corrected chi connectivity index (χ2v) is 4.25. The van der Waals surface area contributed by atoms with E-state index in [2.05, 4.69) is 17.3 Å². The number of nitrogens with two attached hydrogens (primary N) is 1. The van der Waals surface area contributed by atoms with Crippen molar-refractivity contribution in [3.8, 4) is 0 Å². The maximum Gasteiger partial charge on any atom is 0.224 e. The number of piperidine rings is 1. The third-order valence-corrected chi connectivity index (χ3v) is 2.74. The number of likely N-dealkylation sites (tertiary alicyclic amines) is 1. The fourth-order valence-corrected chi connectivity index (χ4v) is 1.80. The van der Waals surface area contributed by atoms with E-state index in [4.69, 9.17) is 5.73 Å². The highest BCUT2D eigenvalue weighted by molar-refractivity contribution is 5.79. The zero-order valence-electron chi connectivity index (χ0n) is 9.12. The molecule has 1 aliphatic heterocycles. The van der Waals surface area contributed by atoms with E-state index >= 15 is 0 Å². The largest absolute Gasteiger partial charge is 0.352 e. The van der Waals surface area contributed by atoms with Crippen molar-refractivity contribution in [1.82, 2.24) is 10.2 Å². The SMILES string of the molecule is CC(CN)NC(=O)C1CCCN(C)C1. The smallest absolute Gasteiger partial charge is 0.224 e. The normalized spacial score (nSPS) is 25.8. The Bertz CT molecular complexity index is 196. The van der Waals surface area contributed by atoms with Crippen LogP contribution in [0, 0.1) is 5.92 Å². The molecule has 2 atom stereocenters. The molecule has 0 saturated carbocycles. The summed E-state index contributed by atoms with van der Waals surface area (Å²) in [5.74, 6) is 0.317. The molecule has 0 aromatic heterocycles. The summed E-state index contributed by atoms with van der Waals surface area (Å²) in [6.07, 6.45) is 2.12. The second kappa shape index (κ2) is 5.32. The third-order valence-electron chi connectivity index (χ3n) is 2.74. The van der Waals surface area contributed by atoms with Crippen LogP contribution in [-0.2, 0) is 4.79 Å². The summed E-state index contributed by atoms with van der Waals surface area (Å²) in [5, 5.41) is 2.93. The summed E-state index contributed by atoms with van der Waals surface area (Å²) in [6.45, 7) is 4.43. The predicted octanol–water partition coefficient (Wildman–Crippen LogP) is -0.208. The molecule has 4 nitrogen and oxygen atoms in total. The van der Waals surface area contributed by atoms with Crippen LogP contribution in [0.15, 0.2) is 0 Å². The molecule has 82 valence electrons. The molecule has 0 spiro atoms. The van der Waals surface area contributed by atoms with Gasteiger partial charge in [0.05, 0.1) is 5.92 Å². The lowest BCUT2D eigenvalue weighted by atomic mass is 9.97. The number of rotatable bonds is 3. The minimum absolute atomic E-state index is 0.0923. The van der Waals surface area contributed by atoms with Gasteiger partial charge in [-0.25, -0.2) is 0 Å². The van der Waals surface area contributed by atoms with E-state index in [1.165, 1.54) is 0 Å². The first-order valence-corrected chi connectivity index (χ1v) is 5.32. The molecule has 1 rings (SSSR count).